The molecule has 0 fully saturated rings. The number of thiophene rings is 1. The van der Waals surface area contributed by atoms with Gasteiger partial charge in [-0.2, -0.15) is 0 Å². The zero-order valence-electron chi connectivity index (χ0n) is 19.9. The number of nitrogens with zero attached hydrogens (tertiary/aromatic N) is 2. The molecule has 0 aliphatic carbocycles. The summed E-state index contributed by atoms with van der Waals surface area (Å²) in [5.41, 5.74) is 5.03. The maximum atomic E-state index is 13.2. The number of aryl methyl sites for hydroxylation is 2. The Hall–Kier alpha value is -2.84. The fourth-order valence-electron chi connectivity index (χ4n) is 4.20. The summed E-state index contributed by atoms with van der Waals surface area (Å²) in [6.07, 6.45) is 0.192. The Labute approximate surface area is 203 Å². The molecule has 2 aromatic carbocycles. The number of aromatic nitrogens is 2. The van der Waals surface area contributed by atoms with Crippen molar-refractivity contribution in [1.82, 2.24) is 14.9 Å². The zero-order chi connectivity index (χ0) is 24.1. The Morgan fingerprint density at radius 3 is 2.71 bits per heavy atom. The molecule has 1 atom stereocenters. The summed E-state index contributed by atoms with van der Waals surface area (Å²) in [4.78, 5) is 23.8. The molecule has 7 heteroatoms. The number of fused-ring (bicyclic) bond motifs is 1. The van der Waals surface area contributed by atoms with Crippen LogP contribution in [0.25, 0.3) is 21.3 Å². The average molecular weight is 478 g/mol. The van der Waals surface area contributed by atoms with E-state index in [1.807, 2.05) is 35.7 Å². The second kappa shape index (κ2) is 11.1. The number of hydrogen-bond acceptors (Lipinski definition) is 6. The third kappa shape index (κ3) is 5.62. The maximum absolute atomic E-state index is 13.2. The normalized spacial score (nSPS) is 12.5. The van der Waals surface area contributed by atoms with Gasteiger partial charge in [-0.3, -0.25) is 9.69 Å². The van der Waals surface area contributed by atoms with Gasteiger partial charge in [0.1, 0.15) is 10.7 Å². The molecule has 34 heavy (non-hydrogen) atoms. The van der Waals surface area contributed by atoms with E-state index in [2.05, 4.69) is 41.9 Å². The summed E-state index contributed by atoms with van der Waals surface area (Å²) >= 11 is 1.49. The highest BCUT2D eigenvalue weighted by Gasteiger charge is 2.18. The minimum atomic E-state index is -0.628. The number of H-pyrrole nitrogens is 1. The second-order valence-electron chi connectivity index (χ2n) is 8.67. The number of methoxy groups -OCH3 is 1. The summed E-state index contributed by atoms with van der Waals surface area (Å²) < 4.78 is 5.21. The van der Waals surface area contributed by atoms with Gasteiger partial charge < -0.3 is 14.8 Å². The van der Waals surface area contributed by atoms with E-state index in [0.29, 0.717) is 30.9 Å². The highest BCUT2D eigenvalue weighted by molar-refractivity contribution is 7.17. The van der Waals surface area contributed by atoms with Gasteiger partial charge in [-0.1, -0.05) is 54.1 Å². The molecule has 0 saturated heterocycles. The summed E-state index contributed by atoms with van der Waals surface area (Å²) in [5, 5.41) is 13.4. The summed E-state index contributed by atoms with van der Waals surface area (Å²) in [5.74, 6) is 0.601. The number of ether oxygens (including phenoxy) is 1. The van der Waals surface area contributed by atoms with E-state index < -0.39 is 6.10 Å². The van der Waals surface area contributed by atoms with Crippen LogP contribution in [0.5, 0.6) is 0 Å². The maximum Gasteiger partial charge on any atom is 0.260 e. The molecule has 0 unspecified atom stereocenters. The molecule has 2 N–H and O–H groups in total. The van der Waals surface area contributed by atoms with E-state index in [1.54, 1.807) is 7.11 Å². The minimum Gasteiger partial charge on any atom is -0.387 e. The molecule has 0 spiro atoms. The lowest BCUT2D eigenvalue weighted by atomic mass is 9.99. The third-order valence-electron chi connectivity index (χ3n) is 5.99. The first-order valence-electron chi connectivity index (χ1n) is 11.5. The van der Waals surface area contributed by atoms with Crippen molar-refractivity contribution in [2.45, 2.75) is 32.9 Å². The van der Waals surface area contributed by atoms with Gasteiger partial charge in [0, 0.05) is 37.7 Å². The second-order valence-corrected chi connectivity index (χ2v) is 9.53. The van der Waals surface area contributed by atoms with Gasteiger partial charge in [0.15, 0.2) is 0 Å². The Bertz CT molecular complexity index is 1300. The van der Waals surface area contributed by atoms with Gasteiger partial charge in [-0.15, -0.1) is 11.3 Å². The fraction of sp³-hybridized carbons (Fsp3) is 0.333. The number of rotatable bonds is 10. The highest BCUT2D eigenvalue weighted by atomic mass is 32.1. The van der Waals surface area contributed by atoms with E-state index in [1.165, 1.54) is 11.3 Å². The van der Waals surface area contributed by atoms with Gasteiger partial charge in [0.2, 0.25) is 0 Å². The van der Waals surface area contributed by atoms with Crippen molar-refractivity contribution in [2.75, 3.05) is 26.8 Å². The largest absolute Gasteiger partial charge is 0.387 e. The molecule has 2 aromatic heterocycles. The van der Waals surface area contributed by atoms with E-state index in [9.17, 15) is 9.90 Å². The molecule has 4 aromatic rings. The van der Waals surface area contributed by atoms with Crippen molar-refractivity contribution >= 4 is 21.6 Å². The Morgan fingerprint density at radius 2 is 1.94 bits per heavy atom. The Balaban J connectivity index is 1.60. The highest BCUT2D eigenvalue weighted by Crippen LogP contribution is 2.33. The van der Waals surface area contributed by atoms with Crippen LogP contribution in [0.1, 0.15) is 35.0 Å². The van der Waals surface area contributed by atoms with Gasteiger partial charge in [0.25, 0.3) is 5.56 Å². The monoisotopic (exact) mass is 477 g/mol. The lowest BCUT2D eigenvalue weighted by Crippen LogP contribution is -2.31. The molecule has 4 rings (SSSR count). The first-order chi connectivity index (χ1) is 16.5. The van der Waals surface area contributed by atoms with Gasteiger partial charge in [-0.05, 0) is 37.0 Å². The molecule has 0 amide bonds. The van der Waals surface area contributed by atoms with E-state index in [0.717, 1.165) is 45.6 Å². The number of aliphatic hydroxyl groups excluding tert-OH is 1. The molecular weight excluding hydrogens is 446 g/mol. The molecule has 0 aliphatic heterocycles. The van der Waals surface area contributed by atoms with Crippen LogP contribution in [0.2, 0.25) is 0 Å². The van der Waals surface area contributed by atoms with Crippen LogP contribution in [-0.2, 0) is 11.3 Å². The zero-order valence-corrected chi connectivity index (χ0v) is 20.7. The minimum absolute atomic E-state index is 0.127. The average Bonchev–Trinajstić information content (AvgIpc) is 3.25. The Kier molecular flexibility index (Phi) is 7.90. The lowest BCUT2D eigenvalue weighted by molar-refractivity contribution is 0.0981. The first-order valence-corrected chi connectivity index (χ1v) is 12.4. The number of aromatic amines is 1. The molecule has 0 aliphatic rings. The van der Waals surface area contributed by atoms with E-state index in [4.69, 9.17) is 9.72 Å². The fourth-order valence-corrected chi connectivity index (χ4v) is 5.15. The molecule has 0 bridgehead atoms. The van der Waals surface area contributed by atoms with Gasteiger partial charge >= 0.3 is 0 Å². The van der Waals surface area contributed by atoms with Crippen LogP contribution in [0, 0.1) is 13.8 Å². The van der Waals surface area contributed by atoms with Crippen molar-refractivity contribution < 1.29 is 9.84 Å². The molecule has 0 radical (unpaired) electrons. The van der Waals surface area contributed by atoms with Crippen LogP contribution in [-0.4, -0.2) is 46.8 Å². The Morgan fingerprint density at radius 1 is 1.15 bits per heavy atom. The van der Waals surface area contributed by atoms with Crippen molar-refractivity contribution in [3.05, 3.63) is 86.8 Å². The topological polar surface area (TPSA) is 78.5 Å². The standard InChI is InChI=1S/C27H31N3O3S/c1-18-10-11-19(2)21(14-18)22-17-34-27-25(22)26(32)28-24(29-27)16-30(12-7-13-33-3)15-23(31)20-8-5-4-6-9-20/h4-6,8-11,14,17,23,31H,7,12-13,15-16H2,1-3H3,(H,28,29,32)/t23-/m1/s1. The van der Waals surface area contributed by atoms with Crippen LogP contribution >= 0.6 is 11.3 Å². The summed E-state index contributed by atoms with van der Waals surface area (Å²) in [6.45, 7) is 6.34. The molecule has 0 saturated carbocycles. The predicted octanol–water partition coefficient (Wildman–Crippen LogP) is 4.84. The van der Waals surface area contributed by atoms with Gasteiger partial charge in [-0.25, -0.2) is 4.98 Å². The van der Waals surface area contributed by atoms with Crippen LogP contribution in [0.15, 0.2) is 58.7 Å². The number of nitrogens with one attached hydrogen (secondary N) is 1. The van der Waals surface area contributed by atoms with E-state index >= 15 is 0 Å². The smallest absolute Gasteiger partial charge is 0.260 e. The van der Waals surface area contributed by atoms with Crippen molar-refractivity contribution in [2.24, 2.45) is 0 Å². The third-order valence-corrected chi connectivity index (χ3v) is 6.86. The lowest BCUT2D eigenvalue weighted by Gasteiger charge is -2.24. The molecule has 178 valence electrons. The quantitative estimate of drug-likeness (QED) is 0.320. The van der Waals surface area contributed by atoms with Crippen molar-refractivity contribution in [3.63, 3.8) is 0 Å². The van der Waals surface area contributed by atoms with Crippen molar-refractivity contribution in [3.8, 4) is 11.1 Å². The number of hydrogen-bond donors (Lipinski definition) is 2. The number of aliphatic hydroxyl groups is 1. The van der Waals surface area contributed by atoms with Crippen molar-refractivity contribution in [1.29, 1.82) is 0 Å². The summed E-state index contributed by atoms with van der Waals surface area (Å²) in [6, 6.07) is 15.9. The summed E-state index contributed by atoms with van der Waals surface area (Å²) in [7, 11) is 1.68. The SMILES string of the molecule is COCCCN(Cc1nc2scc(-c3cc(C)ccc3C)c2c(=O)[nH]1)C[C@@H](O)c1ccccc1. The predicted molar refractivity (Wildman–Crippen MR) is 138 cm³/mol. The molecular formula is C27H31N3O3S. The van der Waals surface area contributed by atoms with Crippen LogP contribution in [0.3, 0.4) is 0 Å². The van der Waals surface area contributed by atoms with E-state index in [-0.39, 0.29) is 5.56 Å². The molecule has 2 heterocycles. The van der Waals surface area contributed by atoms with Crippen LogP contribution in [0.4, 0.5) is 0 Å². The van der Waals surface area contributed by atoms with Crippen LogP contribution < -0.4 is 5.56 Å². The number of benzene rings is 2. The van der Waals surface area contributed by atoms with Gasteiger partial charge in [0.05, 0.1) is 18.0 Å². The first kappa shape index (κ1) is 24.3. The molecule has 6 nitrogen and oxygen atoms in total.